The van der Waals surface area contributed by atoms with Crippen LogP contribution in [0.4, 0.5) is 15.8 Å². The highest BCUT2D eigenvalue weighted by Gasteiger charge is 1.95. The summed E-state index contributed by atoms with van der Waals surface area (Å²) in [5, 5.41) is 9.18. The molecule has 0 saturated heterocycles. The van der Waals surface area contributed by atoms with Crippen molar-refractivity contribution in [2.45, 2.75) is 0 Å². The molecule has 0 radical (unpaired) electrons. The summed E-state index contributed by atoms with van der Waals surface area (Å²) >= 11 is 1.31. The number of aromatic nitrogens is 1. The molecular weight excluding hydrogens is 196 g/mol. The lowest BCUT2D eigenvalue weighted by Crippen LogP contribution is -1.73. The maximum absolute atomic E-state index is 5.50. The van der Waals surface area contributed by atoms with E-state index >= 15 is 0 Å². The van der Waals surface area contributed by atoms with E-state index < -0.39 is 0 Å². The van der Waals surface area contributed by atoms with Crippen molar-refractivity contribution in [2.24, 2.45) is 10.2 Å². The fourth-order valence-electron chi connectivity index (χ4n) is 0.918. The van der Waals surface area contributed by atoms with Gasteiger partial charge in [-0.05, 0) is 12.1 Å². The zero-order valence-corrected chi connectivity index (χ0v) is 8.11. The molecule has 0 atom stereocenters. The Morgan fingerprint density at radius 1 is 1.14 bits per heavy atom. The number of rotatable bonds is 2. The van der Waals surface area contributed by atoms with Gasteiger partial charge >= 0.3 is 0 Å². The van der Waals surface area contributed by atoms with E-state index in [1.165, 1.54) is 11.3 Å². The quantitative estimate of drug-likeness (QED) is 0.764. The largest absolute Gasteiger partial charge is 0.389 e. The minimum Gasteiger partial charge on any atom is -0.389 e. The molecule has 4 nitrogen and oxygen atoms in total. The van der Waals surface area contributed by atoms with Crippen LogP contribution in [-0.2, 0) is 0 Å². The first-order chi connectivity index (χ1) is 6.84. The van der Waals surface area contributed by atoms with E-state index in [1.807, 2.05) is 30.3 Å². The van der Waals surface area contributed by atoms with E-state index in [2.05, 4.69) is 15.2 Å². The van der Waals surface area contributed by atoms with Crippen LogP contribution in [0.25, 0.3) is 0 Å². The lowest BCUT2D eigenvalue weighted by atomic mass is 10.3. The van der Waals surface area contributed by atoms with Crippen LogP contribution in [-0.4, -0.2) is 4.98 Å². The predicted octanol–water partition coefficient (Wildman–Crippen LogP) is 3.14. The van der Waals surface area contributed by atoms with Gasteiger partial charge < -0.3 is 5.73 Å². The van der Waals surface area contributed by atoms with Crippen molar-refractivity contribution in [3.63, 3.8) is 0 Å². The van der Waals surface area contributed by atoms with E-state index in [0.29, 0.717) is 10.1 Å². The molecule has 2 rings (SSSR count). The Morgan fingerprint density at radius 2 is 1.93 bits per heavy atom. The molecule has 0 amide bonds. The van der Waals surface area contributed by atoms with E-state index in [4.69, 9.17) is 5.73 Å². The zero-order valence-electron chi connectivity index (χ0n) is 7.29. The molecule has 1 heterocycles. The van der Waals surface area contributed by atoms with Gasteiger partial charge in [0.1, 0.15) is 5.00 Å². The average molecular weight is 204 g/mol. The van der Waals surface area contributed by atoms with Crippen molar-refractivity contribution in [2.75, 3.05) is 5.73 Å². The second-order valence-corrected chi connectivity index (χ2v) is 3.62. The fourth-order valence-corrected chi connectivity index (χ4v) is 1.42. The van der Waals surface area contributed by atoms with Crippen molar-refractivity contribution >= 4 is 27.2 Å². The van der Waals surface area contributed by atoms with E-state index in [-0.39, 0.29) is 0 Å². The van der Waals surface area contributed by atoms with Crippen LogP contribution in [0.15, 0.2) is 46.8 Å². The molecule has 14 heavy (non-hydrogen) atoms. The first-order valence-corrected chi connectivity index (χ1v) is 4.84. The van der Waals surface area contributed by atoms with Crippen molar-refractivity contribution in [1.29, 1.82) is 0 Å². The first kappa shape index (κ1) is 8.83. The Hall–Kier alpha value is -1.75. The molecular formula is C9H8N4S. The van der Waals surface area contributed by atoms with Crippen molar-refractivity contribution in [3.05, 3.63) is 36.5 Å². The average Bonchev–Trinajstić information content (AvgIpc) is 2.63. The minimum absolute atomic E-state index is 0.575. The summed E-state index contributed by atoms with van der Waals surface area (Å²) in [6, 6.07) is 9.50. The molecule has 0 fully saturated rings. The summed E-state index contributed by atoms with van der Waals surface area (Å²) in [7, 11) is 0. The lowest BCUT2D eigenvalue weighted by molar-refractivity contribution is 1.20. The maximum Gasteiger partial charge on any atom is 0.231 e. The maximum atomic E-state index is 5.50. The molecule has 0 saturated carbocycles. The molecule has 0 aliphatic carbocycles. The van der Waals surface area contributed by atoms with Gasteiger partial charge in [-0.25, -0.2) is 4.98 Å². The molecule has 5 heteroatoms. The SMILES string of the molecule is Nc1cnc(N=Nc2ccccc2)s1. The van der Waals surface area contributed by atoms with Crippen LogP contribution >= 0.6 is 11.3 Å². The highest BCUT2D eigenvalue weighted by Crippen LogP contribution is 2.24. The number of nitrogen functional groups attached to an aromatic ring is 1. The third kappa shape index (κ3) is 2.14. The third-order valence-corrected chi connectivity index (χ3v) is 2.23. The van der Waals surface area contributed by atoms with Gasteiger partial charge in [-0.1, -0.05) is 29.5 Å². The smallest absolute Gasteiger partial charge is 0.231 e. The monoisotopic (exact) mass is 204 g/mol. The molecule has 0 unspecified atom stereocenters. The molecule has 70 valence electrons. The Kier molecular flexibility index (Phi) is 2.51. The highest BCUT2D eigenvalue weighted by molar-refractivity contribution is 7.18. The lowest BCUT2D eigenvalue weighted by Gasteiger charge is -1.87. The van der Waals surface area contributed by atoms with E-state index in [9.17, 15) is 0 Å². The summed E-state index contributed by atoms with van der Waals surface area (Å²) in [6.45, 7) is 0. The zero-order chi connectivity index (χ0) is 9.80. The van der Waals surface area contributed by atoms with Gasteiger partial charge in [0.2, 0.25) is 5.13 Å². The van der Waals surface area contributed by atoms with Crippen LogP contribution in [0.2, 0.25) is 0 Å². The number of hydrogen-bond acceptors (Lipinski definition) is 5. The Bertz CT molecular complexity index is 435. The van der Waals surface area contributed by atoms with Gasteiger partial charge in [0.25, 0.3) is 0 Å². The van der Waals surface area contributed by atoms with Crippen molar-refractivity contribution < 1.29 is 0 Å². The molecule has 0 bridgehead atoms. The van der Waals surface area contributed by atoms with Gasteiger partial charge in [-0.15, -0.1) is 10.2 Å². The normalized spacial score (nSPS) is 10.9. The standard InChI is InChI=1S/C9H8N4S/c10-8-6-11-9(14-8)13-12-7-4-2-1-3-5-7/h1-6H,10H2. The van der Waals surface area contributed by atoms with Crippen LogP contribution in [0.5, 0.6) is 0 Å². The number of azo groups is 1. The second kappa shape index (κ2) is 3.97. The number of hydrogen-bond donors (Lipinski definition) is 1. The topological polar surface area (TPSA) is 63.6 Å². The first-order valence-electron chi connectivity index (χ1n) is 4.03. The predicted molar refractivity (Wildman–Crippen MR) is 57.1 cm³/mol. The molecule has 1 aromatic heterocycles. The van der Waals surface area contributed by atoms with Gasteiger partial charge in [0.15, 0.2) is 0 Å². The second-order valence-electron chi connectivity index (χ2n) is 2.58. The van der Waals surface area contributed by atoms with Crippen LogP contribution < -0.4 is 5.73 Å². The minimum atomic E-state index is 0.575. The fraction of sp³-hybridized carbons (Fsp3) is 0. The summed E-state index contributed by atoms with van der Waals surface area (Å²) in [6.07, 6.45) is 1.57. The number of nitrogens with two attached hydrogens (primary N) is 1. The molecule has 2 N–H and O–H groups in total. The molecule has 0 spiro atoms. The Balaban J connectivity index is 2.15. The van der Waals surface area contributed by atoms with Gasteiger partial charge in [0, 0.05) is 0 Å². The summed E-state index contributed by atoms with van der Waals surface area (Å²) in [5.74, 6) is 0. The number of thiazole rings is 1. The third-order valence-electron chi connectivity index (χ3n) is 1.52. The van der Waals surface area contributed by atoms with E-state index in [0.717, 1.165) is 5.69 Å². The van der Waals surface area contributed by atoms with Crippen LogP contribution in [0.1, 0.15) is 0 Å². The van der Waals surface area contributed by atoms with Crippen LogP contribution in [0, 0.1) is 0 Å². The van der Waals surface area contributed by atoms with Gasteiger partial charge in [-0.2, -0.15) is 0 Å². The van der Waals surface area contributed by atoms with Crippen LogP contribution in [0.3, 0.4) is 0 Å². The highest BCUT2D eigenvalue weighted by atomic mass is 32.1. The molecule has 1 aromatic carbocycles. The Morgan fingerprint density at radius 3 is 2.57 bits per heavy atom. The summed E-state index contributed by atoms with van der Waals surface area (Å²) in [4.78, 5) is 3.96. The number of nitrogens with zero attached hydrogens (tertiary/aromatic N) is 3. The van der Waals surface area contributed by atoms with Gasteiger partial charge in [0.05, 0.1) is 11.9 Å². The molecule has 0 aliphatic rings. The van der Waals surface area contributed by atoms with Gasteiger partial charge in [-0.3, -0.25) is 0 Å². The Labute approximate surface area is 85.1 Å². The van der Waals surface area contributed by atoms with E-state index in [1.54, 1.807) is 6.20 Å². The summed E-state index contributed by atoms with van der Waals surface area (Å²) in [5.41, 5.74) is 6.31. The number of anilines is 1. The molecule has 2 aromatic rings. The van der Waals surface area contributed by atoms with Crippen molar-refractivity contribution in [1.82, 2.24) is 4.98 Å². The summed E-state index contributed by atoms with van der Waals surface area (Å²) < 4.78 is 0. The van der Waals surface area contributed by atoms with Crippen molar-refractivity contribution in [3.8, 4) is 0 Å². The number of benzene rings is 1. The molecule has 0 aliphatic heterocycles.